The van der Waals surface area contributed by atoms with Crippen molar-refractivity contribution in [1.29, 1.82) is 0 Å². The van der Waals surface area contributed by atoms with E-state index in [1.165, 1.54) is 0 Å². The summed E-state index contributed by atoms with van der Waals surface area (Å²) in [6.45, 7) is 3.77. The van der Waals surface area contributed by atoms with Crippen LogP contribution in [0.1, 0.15) is 13.3 Å². The van der Waals surface area contributed by atoms with Crippen molar-refractivity contribution in [2.45, 2.75) is 25.5 Å². The lowest BCUT2D eigenvalue weighted by Gasteiger charge is -2.19. The lowest BCUT2D eigenvalue weighted by Crippen LogP contribution is -2.37. The Hall–Kier alpha value is -0.520. The van der Waals surface area contributed by atoms with Crippen molar-refractivity contribution in [2.75, 3.05) is 33.8 Å². The summed E-state index contributed by atoms with van der Waals surface area (Å²) < 4.78 is 5.50. The molecule has 0 aliphatic rings. The Morgan fingerprint density at radius 3 is 2.71 bits per heavy atom. The molecule has 0 saturated carbocycles. The standard InChI is InChI=1S/C15H24Cl2N2O2/c1-11(6-7-19(2)3)18-9-13(20)10-21-15-8-12(16)4-5-14(15)17/h4-5,8,11,13,18,20H,6-7,9-10H2,1-3H3. The van der Waals surface area contributed by atoms with Gasteiger partial charge in [0.15, 0.2) is 0 Å². The summed E-state index contributed by atoms with van der Waals surface area (Å²) in [7, 11) is 4.09. The highest BCUT2D eigenvalue weighted by Crippen LogP contribution is 2.27. The minimum Gasteiger partial charge on any atom is -0.489 e. The second-order valence-corrected chi connectivity index (χ2v) is 6.28. The number of rotatable bonds is 9. The minimum atomic E-state index is -0.596. The zero-order valence-electron chi connectivity index (χ0n) is 12.8. The maximum Gasteiger partial charge on any atom is 0.139 e. The van der Waals surface area contributed by atoms with Crippen molar-refractivity contribution in [3.63, 3.8) is 0 Å². The second-order valence-electron chi connectivity index (χ2n) is 5.44. The molecule has 0 aliphatic carbocycles. The van der Waals surface area contributed by atoms with Crippen LogP contribution in [0, 0.1) is 0 Å². The zero-order valence-corrected chi connectivity index (χ0v) is 14.3. The fourth-order valence-corrected chi connectivity index (χ4v) is 2.06. The molecule has 2 N–H and O–H groups in total. The molecule has 1 aromatic carbocycles. The molecule has 1 rings (SSSR count). The number of benzene rings is 1. The smallest absolute Gasteiger partial charge is 0.139 e. The number of halogens is 2. The van der Waals surface area contributed by atoms with Crippen LogP contribution in [0.2, 0.25) is 10.0 Å². The number of aliphatic hydroxyl groups is 1. The van der Waals surface area contributed by atoms with E-state index in [-0.39, 0.29) is 6.61 Å². The fraction of sp³-hybridized carbons (Fsp3) is 0.600. The van der Waals surface area contributed by atoms with E-state index in [4.69, 9.17) is 27.9 Å². The van der Waals surface area contributed by atoms with Crippen molar-refractivity contribution < 1.29 is 9.84 Å². The monoisotopic (exact) mass is 334 g/mol. The van der Waals surface area contributed by atoms with E-state index in [0.29, 0.717) is 28.4 Å². The van der Waals surface area contributed by atoms with Gasteiger partial charge in [-0.15, -0.1) is 0 Å². The molecular formula is C15H24Cl2N2O2. The summed E-state index contributed by atoms with van der Waals surface area (Å²) in [5.74, 6) is 0.490. The van der Waals surface area contributed by atoms with Crippen molar-refractivity contribution >= 4 is 23.2 Å². The van der Waals surface area contributed by atoms with E-state index in [2.05, 4.69) is 17.1 Å². The second kappa shape index (κ2) is 9.49. The fourth-order valence-electron chi connectivity index (χ4n) is 1.72. The van der Waals surface area contributed by atoms with E-state index in [1.807, 2.05) is 14.1 Å². The number of nitrogens with zero attached hydrogens (tertiary/aromatic N) is 1. The van der Waals surface area contributed by atoms with Crippen LogP contribution < -0.4 is 10.1 Å². The average molecular weight is 335 g/mol. The van der Waals surface area contributed by atoms with E-state index < -0.39 is 6.10 Å². The van der Waals surface area contributed by atoms with Crippen molar-refractivity contribution in [2.24, 2.45) is 0 Å². The average Bonchev–Trinajstić information content (AvgIpc) is 2.43. The first-order valence-electron chi connectivity index (χ1n) is 7.02. The lowest BCUT2D eigenvalue weighted by molar-refractivity contribution is 0.103. The normalized spacial score (nSPS) is 14.2. The Bertz CT molecular complexity index is 430. The predicted molar refractivity (Wildman–Crippen MR) is 88.6 cm³/mol. The van der Waals surface area contributed by atoms with Crippen LogP contribution in [0.5, 0.6) is 5.75 Å². The topological polar surface area (TPSA) is 44.7 Å². The van der Waals surface area contributed by atoms with Gasteiger partial charge in [0.1, 0.15) is 18.5 Å². The molecule has 2 atom stereocenters. The molecule has 0 fully saturated rings. The van der Waals surface area contributed by atoms with E-state index in [1.54, 1.807) is 18.2 Å². The van der Waals surface area contributed by atoms with Gasteiger partial charge in [0.05, 0.1) is 5.02 Å². The third-order valence-corrected chi connectivity index (χ3v) is 3.58. The zero-order chi connectivity index (χ0) is 15.8. The first-order chi connectivity index (χ1) is 9.88. The van der Waals surface area contributed by atoms with E-state index in [9.17, 15) is 5.11 Å². The Kier molecular flexibility index (Phi) is 8.37. The molecule has 0 saturated heterocycles. The number of hydrogen-bond donors (Lipinski definition) is 2. The quantitative estimate of drug-likeness (QED) is 0.728. The summed E-state index contributed by atoms with van der Waals surface area (Å²) in [6, 6.07) is 5.36. The molecule has 6 heteroatoms. The highest BCUT2D eigenvalue weighted by molar-refractivity contribution is 6.34. The van der Waals surface area contributed by atoms with Gasteiger partial charge >= 0.3 is 0 Å². The Labute approximate surface area is 137 Å². The van der Waals surface area contributed by atoms with Crippen molar-refractivity contribution in [3.05, 3.63) is 28.2 Å². The summed E-state index contributed by atoms with van der Waals surface area (Å²) >= 11 is 11.9. The van der Waals surface area contributed by atoms with Gasteiger partial charge in [0.25, 0.3) is 0 Å². The van der Waals surface area contributed by atoms with Gasteiger partial charge < -0.3 is 20.1 Å². The Balaban J connectivity index is 2.27. The third-order valence-electron chi connectivity index (χ3n) is 3.04. The van der Waals surface area contributed by atoms with E-state index in [0.717, 1.165) is 13.0 Å². The van der Waals surface area contributed by atoms with Crippen LogP contribution >= 0.6 is 23.2 Å². The molecule has 0 heterocycles. The molecule has 0 radical (unpaired) electrons. The molecule has 0 aromatic heterocycles. The SMILES string of the molecule is CC(CCN(C)C)NCC(O)COc1cc(Cl)ccc1Cl. The first-order valence-corrected chi connectivity index (χ1v) is 7.78. The number of aliphatic hydroxyl groups excluding tert-OH is 1. The molecular weight excluding hydrogens is 311 g/mol. The van der Waals surface area contributed by atoms with Gasteiger partial charge in [-0.1, -0.05) is 23.2 Å². The van der Waals surface area contributed by atoms with Gasteiger partial charge in [0.2, 0.25) is 0 Å². The van der Waals surface area contributed by atoms with Crippen LogP contribution in [-0.4, -0.2) is 55.9 Å². The van der Waals surface area contributed by atoms with Crippen molar-refractivity contribution in [1.82, 2.24) is 10.2 Å². The van der Waals surface area contributed by atoms with Gasteiger partial charge in [-0.2, -0.15) is 0 Å². The number of nitrogens with one attached hydrogen (secondary N) is 1. The van der Waals surface area contributed by atoms with Gasteiger partial charge in [-0.3, -0.25) is 0 Å². The molecule has 21 heavy (non-hydrogen) atoms. The molecule has 0 spiro atoms. The van der Waals surface area contributed by atoms with Crippen LogP contribution in [-0.2, 0) is 0 Å². The third kappa shape index (κ3) is 7.88. The molecule has 120 valence electrons. The maximum atomic E-state index is 9.92. The summed E-state index contributed by atoms with van der Waals surface area (Å²) in [6.07, 6.45) is 0.433. The van der Waals surface area contributed by atoms with Crippen LogP contribution in [0.3, 0.4) is 0 Å². The van der Waals surface area contributed by atoms with Crippen molar-refractivity contribution in [3.8, 4) is 5.75 Å². The Morgan fingerprint density at radius 1 is 1.33 bits per heavy atom. The van der Waals surface area contributed by atoms with Gasteiger partial charge in [0, 0.05) is 23.7 Å². The largest absolute Gasteiger partial charge is 0.489 e. The maximum absolute atomic E-state index is 9.92. The van der Waals surface area contributed by atoms with Gasteiger partial charge in [-0.05, 0) is 46.1 Å². The molecule has 0 bridgehead atoms. The van der Waals surface area contributed by atoms with Crippen LogP contribution in [0.25, 0.3) is 0 Å². The Morgan fingerprint density at radius 2 is 2.05 bits per heavy atom. The highest BCUT2D eigenvalue weighted by atomic mass is 35.5. The summed E-state index contributed by atoms with van der Waals surface area (Å²) in [5, 5.41) is 14.2. The summed E-state index contributed by atoms with van der Waals surface area (Å²) in [5.41, 5.74) is 0. The van der Waals surface area contributed by atoms with Crippen LogP contribution in [0.15, 0.2) is 18.2 Å². The minimum absolute atomic E-state index is 0.174. The van der Waals surface area contributed by atoms with E-state index >= 15 is 0 Å². The highest BCUT2D eigenvalue weighted by Gasteiger charge is 2.10. The number of ether oxygens (including phenoxy) is 1. The molecule has 0 amide bonds. The first kappa shape index (κ1) is 18.5. The lowest BCUT2D eigenvalue weighted by atomic mass is 10.2. The summed E-state index contributed by atoms with van der Waals surface area (Å²) in [4.78, 5) is 2.14. The molecule has 0 aliphatic heterocycles. The van der Waals surface area contributed by atoms with Crippen LogP contribution in [0.4, 0.5) is 0 Å². The predicted octanol–water partition coefficient (Wildman–Crippen LogP) is 2.66. The number of hydrogen-bond acceptors (Lipinski definition) is 4. The van der Waals surface area contributed by atoms with Gasteiger partial charge in [-0.25, -0.2) is 0 Å². The molecule has 2 unspecified atom stereocenters. The molecule has 4 nitrogen and oxygen atoms in total. The molecule has 1 aromatic rings.